The van der Waals surface area contributed by atoms with Crippen molar-refractivity contribution in [1.29, 1.82) is 0 Å². The van der Waals surface area contributed by atoms with Crippen LogP contribution in [-0.2, 0) is 0 Å². The minimum Gasteiger partial charge on any atom is -0.347 e. The van der Waals surface area contributed by atoms with Crippen molar-refractivity contribution >= 4 is 12.3 Å². The molecular weight excluding hydrogens is 152 g/mol. The second-order valence-electron chi connectivity index (χ2n) is 3.35. The second kappa shape index (κ2) is 3.56. The molecule has 0 fully saturated rings. The Morgan fingerprint density at radius 2 is 2.17 bits per heavy atom. The Labute approximate surface area is 73.6 Å². The summed E-state index contributed by atoms with van der Waals surface area (Å²) >= 11 is 0. The molecule has 1 heterocycles. The lowest BCUT2D eigenvalue weighted by Crippen LogP contribution is -2.35. The van der Waals surface area contributed by atoms with E-state index in [-0.39, 0.29) is 0 Å². The summed E-state index contributed by atoms with van der Waals surface area (Å²) in [6.07, 6.45) is 1.85. The van der Waals surface area contributed by atoms with Crippen molar-refractivity contribution in [3.05, 3.63) is 0 Å². The van der Waals surface area contributed by atoms with Gasteiger partial charge in [-0.05, 0) is 13.8 Å². The van der Waals surface area contributed by atoms with E-state index < -0.39 is 0 Å². The molecule has 0 aromatic rings. The summed E-state index contributed by atoms with van der Waals surface area (Å²) in [7, 11) is 3.89. The van der Waals surface area contributed by atoms with E-state index in [0.717, 1.165) is 5.96 Å². The van der Waals surface area contributed by atoms with Crippen molar-refractivity contribution in [3.8, 4) is 0 Å². The highest BCUT2D eigenvalue weighted by molar-refractivity contribution is 5.88. The van der Waals surface area contributed by atoms with E-state index >= 15 is 0 Å². The predicted octanol–water partition coefficient (Wildman–Crippen LogP) is 0.614. The average Bonchev–Trinajstić information content (AvgIpc) is 2.04. The molecule has 0 saturated carbocycles. The van der Waals surface area contributed by atoms with Crippen LogP contribution in [0.2, 0.25) is 0 Å². The van der Waals surface area contributed by atoms with Crippen LogP contribution in [0.1, 0.15) is 13.8 Å². The molecule has 0 saturated heterocycles. The maximum Gasteiger partial charge on any atom is 0.223 e. The van der Waals surface area contributed by atoms with Crippen molar-refractivity contribution in [1.82, 2.24) is 9.80 Å². The van der Waals surface area contributed by atoms with Gasteiger partial charge in [0.2, 0.25) is 5.96 Å². The molecule has 0 spiro atoms. The zero-order valence-corrected chi connectivity index (χ0v) is 8.15. The normalized spacial score (nSPS) is 16.8. The van der Waals surface area contributed by atoms with E-state index in [2.05, 4.69) is 28.7 Å². The largest absolute Gasteiger partial charge is 0.347 e. The van der Waals surface area contributed by atoms with Gasteiger partial charge in [-0.3, -0.25) is 0 Å². The smallest absolute Gasteiger partial charge is 0.223 e. The van der Waals surface area contributed by atoms with Crippen LogP contribution in [0.15, 0.2) is 9.98 Å². The Hall–Kier alpha value is -1.06. The standard InChI is InChI=1S/C8H16N4/c1-7(2)12-5-9-8(10-6-12)11(3)4/h5,7H,6H2,1-4H3. The van der Waals surface area contributed by atoms with Gasteiger partial charge in [0, 0.05) is 20.1 Å². The highest BCUT2D eigenvalue weighted by Gasteiger charge is 2.10. The molecule has 0 unspecified atom stereocenters. The van der Waals surface area contributed by atoms with Crippen LogP contribution in [0, 0.1) is 0 Å². The number of hydrogen-bond donors (Lipinski definition) is 0. The SMILES string of the molecule is CC(C)N1C=NC(N(C)C)=NC1. The van der Waals surface area contributed by atoms with Gasteiger partial charge in [-0.25, -0.2) is 9.98 Å². The Balaban J connectivity index is 2.55. The zero-order chi connectivity index (χ0) is 9.14. The Kier molecular flexibility index (Phi) is 2.68. The third-order valence-corrected chi connectivity index (χ3v) is 1.76. The fourth-order valence-electron chi connectivity index (χ4n) is 0.902. The topological polar surface area (TPSA) is 31.2 Å². The second-order valence-corrected chi connectivity index (χ2v) is 3.35. The summed E-state index contributed by atoms with van der Waals surface area (Å²) in [6.45, 7) is 4.97. The summed E-state index contributed by atoms with van der Waals surface area (Å²) in [6, 6.07) is 0.473. The predicted molar refractivity (Wildman–Crippen MR) is 51.5 cm³/mol. The maximum absolute atomic E-state index is 4.30. The quantitative estimate of drug-likeness (QED) is 0.574. The number of hydrogen-bond acceptors (Lipinski definition) is 4. The summed E-state index contributed by atoms with van der Waals surface area (Å²) in [5.41, 5.74) is 0. The minimum atomic E-state index is 0.473. The van der Waals surface area contributed by atoms with Crippen LogP contribution in [0.3, 0.4) is 0 Å². The van der Waals surface area contributed by atoms with E-state index in [0.29, 0.717) is 12.7 Å². The molecule has 1 aliphatic rings. The van der Waals surface area contributed by atoms with Gasteiger partial charge in [0.1, 0.15) is 6.67 Å². The molecule has 12 heavy (non-hydrogen) atoms. The molecule has 0 amide bonds. The molecule has 1 aliphatic heterocycles. The number of nitrogens with zero attached hydrogens (tertiary/aromatic N) is 4. The Morgan fingerprint density at radius 3 is 2.50 bits per heavy atom. The molecule has 0 bridgehead atoms. The van der Waals surface area contributed by atoms with Crippen molar-refractivity contribution in [2.45, 2.75) is 19.9 Å². The van der Waals surface area contributed by atoms with Crippen LogP contribution < -0.4 is 0 Å². The van der Waals surface area contributed by atoms with Crippen LogP contribution >= 0.6 is 0 Å². The minimum absolute atomic E-state index is 0.473. The summed E-state index contributed by atoms with van der Waals surface area (Å²) < 4.78 is 0. The third kappa shape index (κ3) is 1.96. The first-order valence-electron chi connectivity index (χ1n) is 4.13. The first-order chi connectivity index (χ1) is 5.61. The van der Waals surface area contributed by atoms with Crippen molar-refractivity contribution in [2.75, 3.05) is 20.8 Å². The molecule has 4 nitrogen and oxygen atoms in total. The summed E-state index contributed by atoms with van der Waals surface area (Å²) in [5, 5.41) is 0. The van der Waals surface area contributed by atoms with Gasteiger partial charge in [-0.1, -0.05) is 0 Å². The molecular formula is C8H16N4. The zero-order valence-electron chi connectivity index (χ0n) is 8.15. The molecule has 0 atom stereocenters. The van der Waals surface area contributed by atoms with Crippen molar-refractivity contribution in [2.24, 2.45) is 9.98 Å². The van der Waals surface area contributed by atoms with E-state index in [4.69, 9.17) is 0 Å². The molecule has 4 heteroatoms. The average molecular weight is 168 g/mol. The highest BCUT2D eigenvalue weighted by Crippen LogP contribution is 2.01. The molecule has 68 valence electrons. The van der Waals surface area contributed by atoms with Gasteiger partial charge < -0.3 is 9.80 Å². The van der Waals surface area contributed by atoms with Crippen LogP contribution in [0.25, 0.3) is 0 Å². The van der Waals surface area contributed by atoms with Crippen LogP contribution in [0.4, 0.5) is 0 Å². The third-order valence-electron chi connectivity index (χ3n) is 1.76. The Bertz CT molecular complexity index is 205. The van der Waals surface area contributed by atoms with Gasteiger partial charge in [0.25, 0.3) is 0 Å². The van der Waals surface area contributed by atoms with E-state index in [1.54, 1.807) is 0 Å². The lowest BCUT2D eigenvalue weighted by atomic mass is 10.4. The van der Waals surface area contributed by atoms with Gasteiger partial charge in [-0.15, -0.1) is 0 Å². The van der Waals surface area contributed by atoms with Crippen LogP contribution in [0.5, 0.6) is 0 Å². The number of aliphatic imine (C=N–C) groups is 2. The summed E-state index contributed by atoms with van der Waals surface area (Å²) in [5.74, 6) is 0.798. The van der Waals surface area contributed by atoms with Crippen LogP contribution in [-0.4, -0.2) is 48.9 Å². The number of rotatable bonds is 1. The Morgan fingerprint density at radius 1 is 1.50 bits per heavy atom. The van der Waals surface area contributed by atoms with E-state index in [1.807, 2.05) is 25.3 Å². The van der Waals surface area contributed by atoms with Crippen molar-refractivity contribution in [3.63, 3.8) is 0 Å². The monoisotopic (exact) mass is 168 g/mol. The number of guanidine groups is 1. The van der Waals surface area contributed by atoms with Gasteiger partial charge in [0.05, 0.1) is 6.34 Å². The molecule has 0 radical (unpaired) electrons. The van der Waals surface area contributed by atoms with E-state index in [9.17, 15) is 0 Å². The van der Waals surface area contributed by atoms with Gasteiger partial charge in [0.15, 0.2) is 0 Å². The van der Waals surface area contributed by atoms with Gasteiger partial charge >= 0.3 is 0 Å². The highest BCUT2D eigenvalue weighted by atomic mass is 15.3. The summed E-state index contributed by atoms with van der Waals surface area (Å²) in [4.78, 5) is 12.5. The first-order valence-corrected chi connectivity index (χ1v) is 4.13. The molecule has 1 rings (SSSR count). The lowest BCUT2D eigenvalue weighted by Gasteiger charge is -2.26. The fraction of sp³-hybridized carbons (Fsp3) is 0.750. The molecule has 0 aliphatic carbocycles. The van der Waals surface area contributed by atoms with Gasteiger partial charge in [-0.2, -0.15) is 0 Å². The molecule has 0 aromatic carbocycles. The molecule has 0 N–H and O–H groups in total. The van der Waals surface area contributed by atoms with E-state index in [1.165, 1.54) is 0 Å². The maximum atomic E-state index is 4.30. The molecule has 0 aromatic heterocycles. The first kappa shape index (κ1) is 9.03. The fourth-order valence-corrected chi connectivity index (χ4v) is 0.902. The lowest BCUT2D eigenvalue weighted by molar-refractivity contribution is 0.363. The van der Waals surface area contributed by atoms with Crippen molar-refractivity contribution < 1.29 is 0 Å².